The zero-order valence-electron chi connectivity index (χ0n) is 18.4. The number of rotatable bonds is 6. The summed E-state index contributed by atoms with van der Waals surface area (Å²) in [6.07, 6.45) is 4.38. The van der Waals surface area contributed by atoms with Crippen LogP contribution in [0.3, 0.4) is 0 Å². The van der Waals surface area contributed by atoms with Crippen LogP contribution in [0.5, 0.6) is 0 Å². The van der Waals surface area contributed by atoms with Crippen LogP contribution in [0.1, 0.15) is 18.4 Å². The molecule has 6 heteroatoms. The minimum atomic E-state index is -3.67. The van der Waals surface area contributed by atoms with Crippen molar-refractivity contribution in [3.63, 3.8) is 0 Å². The van der Waals surface area contributed by atoms with Gasteiger partial charge in [-0.1, -0.05) is 78.9 Å². The van der Waals surface area contributed by atoms with E-state index in [9.17, 15) is 8.42 Å². The minimum absolute atomic E-state index is 0.263. The van der Waals surface area contributed by atoms with E-state index >= 15 is 0 Å². The van der Waals surface area contributed by atoms with Crippen molar-refractivity contribution in [2.24, 2.45) is 5.92 Å². The summed E-state index contributed by atoms with van der Waals surface area (Å²) in [7, 11) is -3.67. The topological polar surface area (TPSA) is 55.2 Å². The van der Waals surface area contributed by atoms with Gasteiger partial charge in [-0.3, -0.25) is 0 Å². The Kier molecular flexibility index (Phi) is 6.11. The zero-order valence-corrected chi connectivity index (χ0v) is 19.2. The van der Waals surface area contributed by atoms with E-state index < -0.39 is 10.0 Å². The predicted molar refractivity (Wildman–Crippen MR) is 131 cm³/mol. The first kappa shape index (κ1) is 21.6. The number of benzene rings is 3. The van der Waals surface area contributed by atoms with Gasteiger partial charge < -0.3 is 0 Å². The molecular weight excluding hydrogens is 430 g/mol. The van der Waals surface area contributed by atoms with Crippen LogP contribution in [0, 0.1) is 5.92 Å². The fourth-order valence-corrected chi connectivity index (χ4v) is 6.10. The number of aromatic nitrogens is 2. The largest absolute Gasteiger partial charge is 0.246 e. The van der Waals surface area contributed by atoms with Crippen LogP contribution in [0.4, 0.5) is 0 Å². The molecule has 5 rings (SSSR count). The Morgan fingerprint density at radius 2 is 1.36 bits per heavy atom. The summed E-state index contributed by atoms with van der Waals surface area (Å²) in [5.41, 5.74) is 3.43. The number of para-hydroxylation sites is 1. The molecule has 3 aromatic carbocycles. The number of hydrogen-bond acceptors (Lipinski definition) is 3. The first-order valence-corrected chi connectivity index (χ1v) is 12.8. The maximum absolute atomic E-state index is 13.8. The summed E-state index contributed by atoms with van der Waals surface area (Å²) in [5, 5.41) is 4.69. The van der Waals surface area contributed by atoms with Crippen LogP contribution in [0.25, 0.3) is 16.9 Å². The van der Waals surface area contributed by atoms with Crippen molar-refractivity contribution < 1.29 is 8.42 Å². The third-order valence-corrected chi connectivity index (χ3v) is 8.21. The standard InChI is InChI=1S/C27H27N3O2S/c31-33(32,29-18-16-23(17-19-29)20-22-10-4-1-5-11-22)26-21-30(25-14-8-3-9-15-25)28-27(26)24-12-6-2-7-13-24/h1-15,21,23H,16-20H2. The Bertz CT molecular complexity index is 1300. The Labute approximate surface area is 195 Å². The van der Waals surface area contributed by atoms with Crippen molar-refractivity contribution in [1.82, 2.24) is 14.1 Å². The van der Waals surface area contributed by atoms with Crippen LogP contribution in [-0.2, 0) is 16.4 Å². The second-order valence-corrected chi connectivity index (χ2v) is 10.4. The summed E-state index contributed by atoms with van der Waals surface area (Å²) in [6, 6.07) is 29.6. The Hall–Kier alpha value is -3.22. The van der Waals surface area contributed by atoms with Gasteiger partial charge in [0.15, 0.2) is 0 Å². The molecule has 0 spiro atoms. The predicted octanol–water partition coefficient (Wildman–Crippen LogP) is 5.18. The zero-order chi connectivity index (χ0) is 22.7. The van der Waals surface area contributed by atoms with Gasteiger partial charge in [0.1, 0.15) is 10.6 Å². The van der Waals surface area contributed by atoms with Crippen molar-refractivity contribution in [1.29, 1.82) is 0 Å². The smallest absolute Gasteiger partial charge is 0.239 e. The van der Waals surface area contributed by atoms with Crippen LogP contribution < -0.4 is 0 Å². The maximum Gasteiger partial charge on any atom is 0.246 e. The third-order valence-electron chi connectivity index (χ3n) is 6.31. The molecule has 1 aromatic heterocycles. The van der Waals surface area contributed by atoms with Gasteiger partial charge in [0.05, 0.1) is 11.9 Å². The first-order valence-electron chi connectivity index (χ1n) is 11.4. The second-order valence-electron chi connectivity index (χ2n) is 8.53. The van der Waals surface area contributed by atoms with Crippen LogP contribution >= 0.6 is 0 Å². The molecule has 2 heterocycles. The maximum atomic E-state index is 13.8. The molecule has 1 aliphatic heterocycles. The fourth-order valence-electron chi connectivity index (χ4n) is 4.50. The Balaban J connectivity index is 1.42. The molecule has 0 amide bonds. The Morgan fingerprint density at radius 3 is 2.00 bits per heavy atom. The van der Waals surface area contributed by atoms with Crippen LogP contribution in [0.2, 0.25) is 0 Å². The molecule has 33 heavy (non-hydrogen) atoms. The number of nitrogens with zero attached hydrogens (tertiary/aromatic N) is 3. The first-order chi connectivity index (χ1) is 16.1. The molecule has 0 aliphatic carbocycles. The van der Waals surface area contributed by atoms with Crippen molar-refractivity contribution in [2.75, 3.05) is 13.1 Å². The highest BCUT2D eigenvalue weighted by molar-refractivity contribution is 7.89. The van der Waals surface area contributed by atoms with Crippen molar-refractivity contribution in [2.45, 2.75) is 24.2 Å². The van der Waals surface area contributed by atoms with Gasteiger partial charge in [-0.05, 0) is 42.9 Å². The summed E-state index contributed by atoms with van der Waals surface area (Å²) in [6.45, 7) is 1.06. The normalized spacial score (nSPS) is 15.5. The molecule has 0 N–H and O–H groups in total. The van der Waals surface area contributed by atoms with E-state index in [1.165, 1.54) is 5.56 Å². The number of hydrogen-bond donors (Lipinski definition) is 0. The molecule has 0 radical (unpaired) electrons. The SMILES string of the molecule is O=S(=O)(c1cn(-c2ccccc2)nc1-c1ccccc1)N1CCC(Cc2ccccc2)CC1. The molecule has 4 aromatic rings. The third kappa shape index (κ3) is 4.63. The van der Waals surface area contributed by atoms with Gasteiger partial charge in [0.2, 0.25) is 10.0 Å². The molecule has 0 bridgehead atoms. The van der Waals surface area contributed by atoms with Gasteiger partial charge in [-0.15, -0.1) is 0 Å². The van der Waals surface area contributed by atoms with E-state index in [2.05, 4.69) is 24.3 Å². The lowest BCUT2D eigenvalue weighted by Gasteiger charge is -2.31. The summed E-state index contributed by atoms with van der Waals surface area (Å²) < 4.78 is 30.8. The van der Waals surface area contributed by atoms with E-state index in [1.54, 1.807) is 15.2 Å². The van der Waals surface area contributed by atoms with Crippen LogP contribution in [0.15, 0.2) is 102 Å². The molecule has 0 unspecified atom stereocenters. The minimum Gasteiger partial charge on any atom is -0.239 e. The molecule has 1 fully saturated rings. The molecule has 5 nitrogen and oxygen atoms in total. The average molecular weight is 458 g/mol. The van der Waals surface area contributed by atoms with Crippen molar-refractivity contribution in [3.8, 4) is 16.9 Å². The van der Waals surface area contributed by atoms with E-state index in [-0.39, 0.29) is 4.90 Å². The highest BCUT2D eigenvalue weighted by Gasteiger charge is 2.33. The summed E-state index contributed by atoms with van der Waals surface area (Å²) >= 11 is 0. The van der Waals surface area contributed by atoms with Gasteiger partial charge in [-0.25, -0.2) is 13.1 Å². The number of sulfonamides is 1. The molecule has 0 saturated carbocycles. The molecule has 168 valence electrons. The monoisotopic (exact) mass is 457 g/mol. The quantitative estimate of drug-likeness (QED) is 0.401. The van der Waals surface area contributed by atoms with E-state index in [1.807, 2.05) is 66.7 Å². The summed E-state index contributed by atoms with van der Waals surface area (Å²) in [4.78, 5) is 0.263. The van der Waals surface area contributed by atoms with Crippen molar-refractivity contribution in [3.05, 3.63) is 103 Å². The van der Waals surface area contributed by atoms with Crippen molar-refractivity contribution >= 4 is 10.0 Å². The lowest BCUT2D eigenvalue weighted by Crippen LogP contribution is -2.39. The molecular formula is C27H27N3O2S. The van der Waals surface area contributed by atoms with E-state index in [4.69, 9.17) is 5.10 Å². The summed E-state index contributed by atoms with van der Waals surface area (Å²) in [5.74, 6) is 0.500. The van der Waals surface area contributed by atoms with Gasteiger partial charge in [0.25, 0.3) is 0 Å². The fraction of sp³-hybridized carbons (Fsp3) is 0.222. The molecule has 1 aliphatic rings. The highest BCUT2D eigenvalue weighted by Crippen LogP contribution is 2.32. The van der Waals surface area contributed by atoms with Gasteiger partial charge in [-0.2, -0.15) is 9.40 Å². The molecule has 1 saturated heterocycles. The second kappa shape index (κ2) is 9.33. The van der Waals surface area contributed by atoms with E-state index in [0.29, 0.717) is 24.7 Å². The lowest BCUT2D eigenvalue weighted by molar-refractivity contribution is 0.273. The van der Waals surface area contributed by atoms with E-state index in [0.717, 1.165) is 30.5 Å². The molecule has 0 atom stereocenters. The van der Waals surface area contributed by atoms with Crippen LogP contribution in [-0.4, -0.2) is 35.6 Å². The van der Waals surface area contributed by atoms with Gasteiger partial charge in [0, 0.05) is 18.7 Å². The highest BCUT2D eigenvalue weighted by atomic mass is 32.2. The lowest BCUT2D eigenvalue weighted by atomic mass is 9.91. The number of piperidine rings is 1. The van der Waals surface area contributed by atoms with Gasteiger partial charge >= 0.3 is 0 Å². The average Bonchev–Trinajstić information content (AvgIpc) is 3.33. The Morgan fingerprint density at radius 1 is 0.788 bits per heavy atom.